The Labute approximate surface area is 169 Å². The van der Waals surface area contributed by atoms with E-state index >= 15 is 0 Å². The number of carbonyl (C=O) groups is 2. The summed E-state index contributed by atoms with van der Waals surface area (Å²) in [4.78, 5) is 27.6. The SMILES string of the molecule is Cl.O=C(O)c1ccc(CN(C(=O)N2CCNCC2)c2cccc(Cl)c2)cc1. The number of carboxylic acid groups (broad SMARTS) is 1. The van der Waals surface area contributed by atoms with Gasteiger partial charge in [-0.15, -0.1) is 12.4 Å². The number of halogens is 2. The van der Waals surface area contributed by atoms with Crippen LogP contribution in [0.25, 0.3) is 0 Å². The Balaban J connectivity index is 0.00000261. The molecule has 0 atom stereocenters. The van der Waals surface area contributed by atoms with Crippen LogP contribution in [-0.2, 0) is 6.54 Å². The van der Waals surface area contributed by atoms with E-state index < -0.39 is 5.97 Å². The molecule has 0 saturated carbocycles. The molecule has 1 saturated heterocycles. The lowest BCUT2D eigenvalue weighted by Crippen LogP contribution is -2.51. The van der Waals surface area contributed by atoms with Gasteiger partial charge in [0.25, 0.3) is 0 Å². The van der Waals surface area contributed by atoms with Gasteiger partial charge in [-0.2, -0.15) is 0 Å². The third kappa shape index (κ3) is 5.35. The van der Waals surface area contributed by atoms with Gasteiger partial charge in [0.05, 0.1) is 12.1 Å². The van der Waals surface area contributed by atoms with E-state index in [0.717, 1.165) is 18.7 Å². The number of benzene rings is 2. The number of rotatable bonds is 4. The fourth-order valence-electron chi connectivity index (χ4n) is 2.88. The van der Waals surface area contributed by atoms with E-state index in [0.29, 0.717) is 30.3 Å². The first-order chi connectivity index (χ1) is 12.5. The summed E-state index contributed by atoms with van der Waals surface area (Å²) in [6.07, 6.45) is 0. The molecule has 0 aromatic heterocycles. The van der Waals surface area contributed by atoms with Crippen LogP contribution in [0.15, 0.2) is 48.5 Å². The molecule has 2 amide bonds. The third-order valence-electron chi connectivity index (χ3n) is 4.28. The molecule has 3 rings (SSSR count). The van der Waals surface area contributed by atoms with Crippen molar-refractivity contribution < 1.29 is 14.7 Å². The average Bonchev–Trinajstić information content (AvgIpc) is 2.66. The predicted molar refractivity (Wildman–Crippen MR) is 108 cm³/mol. The van der Waals surface area contributed by atoms with Crippen LogP contribution in [-0.4, -0.2) is 48.2 Å². The Hall–Kier alpha value is -2.28. The standard InChI is InChI=1S/C19H20ClN3O3.ClH/c20-16-2-1-3-17(12-16)23(19(26)22-10-8-21-9-11-22)13-14-4-6-15(7-5-14)18(24)25;/h1-7,12,21H,8-11,13H2,(H,24,25);1H. The number of urea groups is 1. The van der Waals surface area contributed by atoms with Crippen molar-refractivity contribution in [3.05, 3.63) is 64.7 Å². The monoisotopic (exact) mass is 409 g/mol. The number of nitrogens with zero attached hydrogens (tertiary/aromatic N) is 2. The predicted octanol–water partition coefficient (Wildman–Crippen LogP) is 3.49. The number of amides is 2. The molecule has 27 heavy (non-hydrogen) atoms. The van der Waals surface area contributed by atoms with Crippen LogP contribution < -0.4 is 10.2 Å². The summed E-state index contributed by atoms with van der Waals surface area (Å²) in [6.45, 7) is 3.16. The minimum absolute atomic E-state index is 0. The Morgan fingerprint density at radius 1 is 1.11 bits per heavy atom. The van der Waals surface area contributed by atoms with Gasteiger partial charge in [-0.05, 0) is 35.9 Å². The van der Waals surface area contributed by atoms with Crippen LogP contribution in [0.2, 0.25) is 5.02 Å². The zero-order valence-electron chi connectivity index (χ0n) is 14.6. The number of hydrogen-bond acceptors (Lipinski definition) is 3. The molecule has 0 spiro atoms. The van der Waals surface area contributed by atoms with Crippen molar-refractivity contribution in [2.45, 2.75) is 6.54 Å². The highest BCUT2D eigenvalue weighted by Gasteiger charge is 2.24. The Morgan fingerprint density at radius 3 is 2.37 bits per heavy atom. The van der Waals surface area contributed by atoms with Crippen LogP contribution in [0.1, 0.15) is 15.9 Å². The van der Waals surface area contributed by atoms with Gasteiger partial charge in [-0.25, -0.2) is 9.59 Å². The van der Waals surface area contributed by atoms with E-state index in [1.807, 2.05) is 17.0 Å². The first-order valence-corrected chi connectivity index (χ1v) is 8.77. The van der Waals surface area contributed by atoms with Gasteiger partial charge in [0.15, 0.2) is 0 Å². The molecule has 0 bridgehead atoms. The summed E-state index contributed by atoms with van der Waals surface area (Å²) in [6, 6.07) is 13.6. The van der Waals surface area contributed by atoms with E-state index in [1.54, 1.807) is 41.3 Å². The molecule has 8 heteroatoms. The number of piperazine rings is 1. The molecular weight excluding hydrogens is 389 g/mol. The van der Waals surface area contributed by atoms with Gasteiger partial charge in [0.1, 0.15) is 0 Å². The highest BCUT2D eigenvalue weighted by molar-refractivity contribution is 6.30. The van der Waals surface area contributed by atoms with Crippen molar-refractivity contribution in [1.29, 1.82) is 0 Å². The fraction of sp³-hybridized carbons (Fsp3) is 0.263. The summed E-state index contributed by atoms with van der Waals surface area (Å²) in [5.74, 6) is -0.972. The van der Waals surface area contributed by atoms with Crippen LogP contribution in [0.3, 0.4) is 0 Å². The van der Waals surface area contributed by atoms with Crippen LogP contribution >= 0.6 is 24.0 Å². The number of nitrogens with one attached hydrogen (secondary N) is 1. The largest absolute Gasteiger partial charge is 0.478 e. The average molecular weight is 410 g/mol. The fourth-order valence-corrected chi connectivity index (χ4v) is 3.06. The van der Waals surface area contributed by atoms with Gasteiger partial charge >= 0.3 is 12.0 Å². The summed E-state index contributed by atoms with van der Waals surface area (Å²) in [5.41, 5.74) is 1.78. The Morgan fingerprint density at radius 2 is 1.78 bits per heavy atom. The minimum Gasteiger partial charge on any atom is -0.478 e. The van der Waals surface area contributed by atoms with E-state index in [4.69, 9.17) is 16.7 Å². The van der Waals surface area contributed by atoms with Crippen molar-refractivity contribution >= 4 is 41.7 Å². The zero-order valence-corrected chi connectivity index (χ0v) is 16.2. The summed E-state index contributed by atoms with van der Waals surface area (Å²) in [7, 11) is 0. The highest BCUT2D eigenvalue weighted by atomic mass is 35.5. The number of carbonyl (C=O) groups excluding carboxylic acids is 1. The minimum atomic E-state index is -0.972. The molecule has 2 N–H and O–H groups in total. The van der Waals surface area contributed by atoms with Crippen molar-refractivity contribution in [2.75, 3.05) is 31.1 Å². The lowest BCUT2D eigenvalue weighted by molar-refractivity contribution is 0.0697. The molecule has 6 nitrogen and oxygen atoms in total. The maximum Gasteiger partial charge on any atom is 0.335 e. The van der Waals surface area contributed by atoms with E-state index in [9.17, 15) is 9.59 Å². The second kappa shape index (κ2) is 9.60. The maximum atomic E-state index is 13.1. The quantitative estimate of drug-likeness (QED) is 0.810. The zero-order chi connectivity index (χ0) is 18.5. The molecular formula is C19H21Cl2N3O3. The van der Waals surface area contributed by atoms with E-state index in [2.05, 4.69) is 5.32 Å². The first kappa shape index (κ1) is 21.0. The topological polar surface area (TPSA) is 72.9 Å². The molecule has 0 unspecified atom stereocenters. The number of carboxylic acids is 1. The lowest BCUT2D eigenvalue weighted by atomic mass is 10.1. The Kier molecular flexibility index (Phi) is 7.47. The maximum absolute atomic E-state index is 13.1. The van der Waals surface area contributed by atoms with Crippen LogP contribution in [0, 0.1) is 0 Å². The highest BCUT2D eigenvalue weighted by Crippen LogP contribution is 2.23. The second-order valence-corrected chi connectivity index (χ2v) is 6.52. The van der Waals surface area contributed by atoms with Gasteiger partial charge in [0.2, 0.25) is 0 Å². The molecule has 144 valence electrons. The Bertz CT molecular complexity index is 793. The lowest BCUT2D eigenvalue weighted by Gasteiger charge is -2.33. The molecule has 0 radical (unpaired) electrons. The molecule has 0 aliphatic carbocycles. The van der Waals surface area contributed by atoms with Crippen LogP contribution in [0.5, 0.6) is 0 Å². The third-order valence-corrected chi connectivity index (χ3v) is 4.51. The van der Waals surface area contributed by atoms with E-state index in [-0.39, 0.29) is 24.0 Å². The number of anilines is 1. The van der Waals surface area contributed by atoms with Crippen LogP contribution in [0.4, 0.5) is 10.5 Å². The molecule has 2 aromatic carbocycles. The second-order valence-electron chi connectivity index (χ2n) is 6.09. The molecule has 2 aromatic rings. The number of hydrogen-bond donors (Lipinski definition) is 2. The van der Waals surface area contributed by atoms with Gasteiger partial charge in [-0.1, -0.05) is 29.8 Å². The first-order valence-electron chi connectivity index (χ1n) is 8.39. The van der Waals surface area contributed by atoms with Crippen molar-refractivity contribution in [3.8, 4) is 0 Å². The summed E-state index contributed by atoms with van der Waals surface area (Å²) >= 11 is 6.11. The van der Waals surface area contributed by atoms with Gasteiger partial charge < -0.3 is 15.3 Å². The smallest absolute Gasteiger partial charge is 0.335 e. The summed E-state index contributed by atoms with van der Waals surface area (Å²) in [5, 5.41) is 12.8. The van der Waals surface area contributed by atoms with Crippen molar-refractivity contribution in [1.82, 2.24) is 10.2 Å². The van der Waals surface area contributed by atoms with E-state index in [1.165, 1.54) is 0 Å². The number of aromatic carboxylic acids is 1. The molecule has 1 aliphatic heterocycles. The molecule has 1 fully saturated rings. The van der Waals surface area contributed by atoms with Gasteiger partial charge in [0, 0.05) is 36.9 Å². The molecule has 1 heterocycles. The van der Waals surface area contributed by atoms with Crippen molar-refractivity contribution in [3.63, 3.8) is 0 Å². The summed E-state index contributed by atoms with van der Waals surface area (Å²) < 4.78 is 0. The normalized spacial score (nSPS) is 13.6. The van der Waals surface area contributed by atoms with Crippen molar-refractivity contribution in [2.24, 2.45) is 0 Å². The molecule has 1 aliphatic rings. The van der Waals surface area contributed by atoms with Gasteiger partial charge in [-0.3, -0.25) is 4.90 Å².